The molecule has 1 heterocycles. The van der Waals surface area contributed by atoms with Crippen molar-refractivity contribution in [1.82, 2.24) is 4.98 Å². The molecule has 2 aromatic rings. The summed E-state index contributed by atoms with van der Waals surface area (Å²) in [6.45, 7) is 7.78. The zero-order valence-electron chi connectivity index (χ0n) is 22.9. The fraction of sp³-hybridized carbons (Fsp3) is 0.667. The summed E-state index contributed by atoms with van der Waals surface area (Å²) < 4.78 is 6.05. The van der Waals surface area contributed by atoms with E-state index in [0.29, 0.717) is 0 Å². The lowest BCUT2D eigenvalue weighted by atomic mass is 9.78. The highest BCUT2D eigenvalue weighted by molar-refractivity contribution is 5.60. The van der Waals surface area contributed by atoms with Crippen molar-refractivity contribution in [2.75, 3.05) is 6.61 Å². The molecule has 0 N–H and O–H groups in total. The van der Waals surface area contributed by atoms with Gasteiger partial charge >= 0.3 is 0 Å². The summed E-state index contributed by atoms with van der Waals surface area (Å²) in [5.74, 6) is 3.77. The molecule has 1 aromatic carbocycles. The van der Waals surface area contributed by atoms with Crippen molar-refractivity contribution in [3.8, 4) is 17.0 Å². The molecule has 194 valence electrons. The molecule has 2 heteroatoms. The zero-order chi connectivity index (χ0) is 24.7. The van der Waals surface area contributed by atoms with Crippen LogP contribution < -0.4 is 4.74 Å². The Morgan fingerprint density at radius 3 is 2.17 bits per heavy atom. The SMILES string of the molecule is CCCCCC1CCC(CCCOc2ccc(-c3ccc(CCCCC(C)CC)cn3)cc2)CC1. The largest absolute Gasteiger partial charge is 0.494 e. The topological polar surface area (TPSA) is 22.1 Å². The third-order valence-corrected chi connectivity index (χ3v) is 8.29. The van der Waals surface area contributed by atoms with Crippen LogP contribution in [0.5, 0.6) is 5.75 Å². The van der Waals surface area contributed by atoms with Gasteiger partial charge in [-0.3, -0.25) is 4.98 Å². The fourth-order valence-corrected chi connectivity index (χ4v) is 5.54. The second-order valence-electron chi connectivity index (χ2n) is 11.2. The zero-order valence-corrected chi connectivity index (χ0v) is 22.9. The average molecular weight is 478 g/mol. The van der Waals surface area contributed by atoms with Crippen LogP contribution in [0.15, 0.2) is 42.6 Å². The summed E-state index contributed by atoms with van der Waals surface area (Å²) >= 11 is 0. The van der Waals surface area contributed by atoms with Crippen LogP contribution in [-0.2, 0) is 6.42 Å². The Bertz CT molecular complexity index is 789. The van der Waals surface area contributed by atoms with Crippen molar-refractivity contribution >= 4 is 0 Å². The van der Waals surface area contributed by atoms with E-state index in [1.807, 2.05) is 0 Å². The minimum absolute atomic E-state index is 0.833. The van der Waals surface area contributed by atoms with Crippen molar-refractivity contribution in [1.29, 1.82) is 0 Å². The highest BCUT2D eigenvalue weighted by atomic mass is 16.5. The Morgan fingerprint density at radius 1 is 0.829 bits per heavy atom. The van der Waals surface area contributed by atoms with E-state index in [1.165, 1.54) is 95.5 Å². The molecule has 0 saturated heterocycles. The number of rotatable bonds is 16. The first-order chi connectivity index (χ1) is 17.2. The van der Waals surface area contributed by atoms with Crippen LogP contribution >= 0.6 is 0 Å². The molecular weight excluding hydrogens is 426 g/mol. The lowest BCUT2D eigenvalue weighted by Gasteiger charge is -2.28. The number of nitrogens with zero attached hydrogens (tertiary/aromatic N) is 1. The van der Waals surface area contributed by atoms with Gasteiger partial charge in [0.05, 0.1) is 12.3 Å². The predicted molar refractivity (Wildman–Crippen MR) is 151 cm³/mol. The van der Waals surface area contributed by atoms with Gasteiger partial charge in [-0.15, -0.1) is 0 Å². The van der Waals surface area contributed by atoms with E-state index in [2.05, 4.69) is 63.4 Å². The molecule has 1 unspecified atom stereocenters. The molecule has 1 fully saturated rings. The second-order valence-corrected chi connectivity index (χ2v) is 11.2. The molecule has 35 heavy (non-hydrogen) atoms. The summed E-state index contributed by atoms with van der Waals surface area (Å²) in [6, 6.07) is 12.9. The molecule has 1 aromatic heterocycles. The third kappa shape index (κ3) is 10.4. The minimum Gasteiger partial charge on any atom is -0.494 e. The monoisotopic (exact) mass is 477 g/mol. The van der Waals surface area contributed by atoms with Gasteiger partial charge in [-0.1, -0.05) is 97.5 Å². The molecule has 2 nitrogen and oxygen atoms in total. The lowest BCUT2D eigenvalue weighted by molar-refractivity contribution is 0.228. The highest BCUT2D eigenvalue weighted by Crippen LogP contribution is 2.34. The van der Waals surface area contributed by atoms with Gasteiger partial charge in [0.25, 0.3) is 0 Å². The van der Waals surface area contributed by atoms with Crippen LogP contribution in [-0.4, -0.2) is 11.6 Å². The van der Waals surface area contributed by atoms with Gasteiger partial charge in [0.1, 0.15) is 5.75 Å². The first-order valence-electron chi connectivity index (χ1n) is 14.9. The molecule has 1 aliphatic rings. The number of aryl methyl sites for hydroxylation is 1. The van der Waals surface area contributed by atoms with Crippen LogP contribution in [0.2, 0.25) is 0 Å². The molecule has 1 atom stereocenters. The summed E-state index contributed by atoms with van der Waals surface area (Å²) in [6.07, 6.45) is 22.4. The molecule has 0 spiro atoms. The van der Waals surface area contributed by atoms with E-state index in [9.17, 15) is 0 Å². The van der Waals surface area contributed by atoms with E-state index >= 15 is 0 Å². The predicted octanol–water partition coefficient (Wildman–Crippen LogP) is 10.1. The van der Waals surface area contributed by atoms with Crippen LogP contribution in [0, 0.1) is 17.8 Å². The number of hydrogen-bond acceptors (Lipinski definition) is 2. The first kappa shape index (κ1) is 27.8. The molecule has 0 radical (unpaired) electrons. The second kappa shape index (κ2) is 16.0. The number of hydrogen-bond donors (Lipinski definition) is 0. The number of aromatic nitrogens is 1. The van der Waals surface area contributed by atoms with E-state index < -0.39 is 0 Å². The first-order valence-corrected chi connectivity index (χ1v) is 14.9. The number of pyridine rings is 1. The van der Waals surface area contributed by atoms with Crippen LogP contribution in [0.1, 0.15) is 116 Å². The average Bonchev–Trinajstić information content (AvgIpc) is 2.90. The summed E-state index contributed by atoms with van der Waals surface area (Å²) in [5.41, 5.74) is 3.56. The number of ether oxygens (including phenoxy) is 1. The van der Waals surface area contributed by atoms with E-state index in [4.69, 9.17) is 9.72 Å². The normalized spacial score (nSPS) is 18.9. The maximum Gasteiger partial charge on any atom is 0.119 e. The van der Waals surface area contributed by atoms with Crippen molar-refractivity contribution in [2.45, 2.75) is 117 Å². The van der Waals surface area contributed by atoms with Crippen molar-refractivity contribution in [3.05, 3.63) is 48.2 Å². The smallest absolute Gasteiger partial charge is 0.119 e. The fourth-order valence-electron chi connectivity index (χ4n) is 5.54. The minimum atomic E-state index is 0.833. The van der Waals surface area contributed by atoms with Crippen LogP contribution in [0.3, 0.4) is 0 Å². The third-order valence-electron chi connectivity index (χ3n) is 8.29. The molecule has 0 bridgehead atoms. The van der Waals surface area contributed by atoms with Gasteiger partial charge in [-0.25, -0.2) is 0 Å². The van der Waals surface area contributed by atoms with E-state index in [1.54, 1.807) is 0 Å². The Morgan fingerprint density at radius 2 is 1.54 bits per heavy atom. The highest BCUT2D eigenvalue weighted by Gasteiger charge is 2.20. The number of benzene rings is 1. The molecule has 0 aliphatic heterocycles. The molecule has 1 aliphatic carbocycles. The van der Waals surface area contributed by atoms with Crippen molar-refractivity contribution in [2.24, 2.45) is 17.8 Å². The summed E-state index contributed by atoms with van der Waals surface area (Å²) in [7, 11) is 0. The molecule has 3 rings (SSSR count). The van der Waals surface area contributed by atoms with E-state index in [0.717, 1.165) is 47.8 Å². The Balaban J connectivity index is 1.31. The van der Waals surface area contributed by atoms with Gasteiger partial charge in [0.2, 0.25) is 0 Å². The molecule has 0 amide bonds. The maximum absolute atomic E-state index is 6.05. The van der Waals surface area contributed by atoms with Gasteiger partial charge in [0, 0.05) is 11.8 Å². The van der Waals surface area contributed by atoms with Gasteiger partial charge in [-0.05, 0) is 79.3 Å². The van der Waals surface area contributed by atoms with Gasteiger partial charge < -0.3 is 4.74 Å². The van der Waals surface area contributed by atoms with Crippen molar-refractivity contribution in [3.63, 3.8) is 0 Å². The Hall–Kier alpha value is -1.83. The van der Waals surface area contributed by atoms with Gasteiger partial charge in [-0.2, -0.15) is 0 Å². The molecule has 1 saturated carbocycles. The Labute approximate surface area is 216 Å². The van der Waals surface area contributed by atoms with Gasteiger partial charge in [0.15, 0.2) is 0 Å². The van der Waals surface area contributed by atoms with Crippen molar-refractivity contribution < 1.29 is 4.74 Å². The lowest BCUT2D eigenvalue weighted by Crippen LogP contribution is -2.15. The molecular formula is C33H51NO. The van der Waals surface area contributed by atoms with Crippen LogP contribution in [0.4, 0.5) is 0 Å². The summed E-state index contributed by atoms with van der Waals surface area (Å²) in [5, 5.41) is 0. The Kier molecular flexibility index (Phi) is 12.7. The number of unbranched alkanes of at least 4 members (excludes halogenated alkanes) is 3. The quantitative estimate of drug-likeness (QED) is 0.224. The van der Waals surface area contributed by atoms with Crippen LogP contribution in [0.25, 0.3) is 11.3 Å². The summed E-state index contributed by atoms with van der Waals surface area (Å²) in [4.78, 5) is 4.72. The maximum atomic E-state index is 6.05. The standard InChI is InChI=1S/C33H51NO/c1-4-6-7-12-28-15-17-29(18-16-28)14-10-25-35-32-22-20-31(21-23-32)33-24-19-30(26-34-33)13-9-8-11-27(3)5-2/h19-24,26-29H,4-18,25H2,1-3H3. The van der Waals surface area contributed by atoms with E-state index in [-0.39, 0.29) is 0 Å².